The summed E-state index contributed by atoms with van der Waals surface area (Å²) in [5.74, 6) is -0.762. The van der Waals surface area contributed by atoms with Crippen molar-refractivity contribution in [3.8, 4) is 0 Å². The van der Waals surface area contributed by atoms with Gasteiger partial charge in [0.15, 0.2) is 0 Å². The zero-order valence-corrected chi connectivity index (χ0v) is 15.8. The van der Waals surface area contributed by atoms with E-state index in [0.717, 1.165) is 16.7 Å². The molecule has 3 aromatic rings. The van der Waals surface area contributed by atoms with E-state index in [1.807, 2.05) is 91.0 Å². The van der Waals surface area contributed by atoms with Gasteiger partial charge in [-0.15, -0.1) is 0 Å². The average Bonchev–Trinajstić information content (AvgIpc) is 2.74. The van der Waals surface area contributed by atoms with Gasteiger partial charge in [-0.25, -0.2) is 4.79 Å². The van der Waals surface area contributed by atoms with Gasteiger partial charge in [-0.3, -0.25) is 4.79 Å². The third kappa shape index (κ3) is 5.07. The lowest BCUT2D eigenvalue weighted by atomic mass is 9.98. The Morgan fingerprint density at radius 2 is 1.25 bits per heavy atom. The molecule has 4 nitrogen and oxygen atoms in total. The fourth-order valence-electron chi connectivity index (χ4n) is 3.08. The highest BCUT2D eigenvalue weighted by Gasteiger charge is 2.28. The van der Waals surface area contributed by atoms with Gasteiger partial charge in [0.1, 0.15) is 6.04 Å². The number of hydrogen-bond donors (Lipinski definition) is 0. The van der Waals surface area contributed by atoms with E-state index >= 15 is 0 Å². The molecule has 0 saturated carbocycles. The van der Waals surface area contributed by atoms with Gasteiger partial charge < -0.3 is 4.84 Å². The minimum absolute atomic E-state index is 0.199. The third-order valence-corrected chi connectivity index (χ3v) is 4.44. The number of amides is 1. The Hall–Kier alpha value is -3.40. The fraction of sp³-hybridized carbons (Fsp3) is 0.167. The first-order chi connectivity index (χ1) is 13.6. The van der Waals surface area contributed by atoms with E-state index in [1.165, 1.54) is 12.0 Å². The number of carbonyl (C=O) groups is 2. The maximum atomic E-state index is 12.5. The van der Waals surface area contributed by atoms with Crippen LogP contribution in [0.3, 0.4) is 0 Å². The molecule has 0 aliphatic carbocycles. The Balaban J connectivity index is 1.81. The van der Waals surface area contributed by atoms with Gasteiger partial charge in [-0.2, -0.15) is 5.06 Å². The maximum Gasteiger partial charge on any atom is 0.332 e. The quantitative estimate of drug-likeness (QED) is 0.588. The molecular formula is C24H23NO3. The molecule has 0 heterocycles. The van der Waals surface area contributed by atoms with Crippen LogP contribution in [0, 0.1) is 0 Å². The number of nitrogens with zero attached hydrogens (tertiary/aromatic N) is 1. The molecule has 0 bridgehead atoms. The minimum Gasteiger partial charge on any atom is -0.337 e. The highest BCUT2D eigenvalue weighted by atomic mass is 16.7. The van der Waals surface area contributed by atoms with Crippen molar-refractivity contribution in [3.63, 3.8) is 0 Å². The molecule has 28 heavy (non-hydrogen) atoms. The van der Waals surface area contributed by atoms with Crippen molar-refractivity contribution in [1.82, 2.24) is 5.06 Å². The van der Waals surface area contributed by atoms with Crippen molar-refractivity contribution >= 4 is 11.9 Å². The van der Waals surface area contributed by atoms with Crippen LogP contribution in [0.2, 0.25) is 0 Å². The number of hydrogen-bond acceptors (Lipinski definition) is 3. The lowest BCUT2D eigenvalue weighted by Gasteiger charge is -2.29. The first-order valence-electron chi connectivity index (χ1n) is 9.29. The van der Waals surface area contributed by atoms with Gasteiger partial charge in [0, 0.05) is 6.92 Å². The summed E-state index contributed by atoms with van der Waals surface area (Å²) in [5, 5.41) is 1.18. The van der Waals surface area contributed by atoms with Crippen LogP contribution < -0.4 is 0 Å². The van der Waals surface area contributed by atoms with Gasteiger partial charge in [-0.05, 0) is 23.1 Å². The average molecular weight is 373 g/mol. The van der Waals surface area contributed by atoms with E-state index in [0.29, 0.717) is 6.42 Å². The molecular weight excluding hydrogens is 350 g/mol. The lowest BCUT2D eigenvalue weighted by Crippen LogP contribution is -2.36. The molecule has 0 aliphatic rings. The summed E-state index contributed by atoms with van der Waals surface area (Å²) >= 11 is 0. The van der Waals surface area contributed by atoms with E-state index in [1.54, 1.807) is 0 Å². The minimum atomic E-state index is -0.499. The standard InChI is InChI=1S/C24H23NO3/c1-19(26)25(28-23(27)18-17-20-11-5-2-6-12-20)24(21-13-7-3-8-14-21)22-15-9-4-10-16-22/h2-16,24H,17-18H2,1H3. The van der Waals surface area contributed by atoms with E-state index in [-0.39, 0.29) is 12.3 Å². The van der Waals surface area contributed by atoms with Crippen molar-refractivity contribution in [2.75, 3.05) is 0 Å². The van der Waals surface area contributed by atoms with Crippen molar-refractivity contribution in [2.45, 2.75) is 25.8 Å². The molecule has 0 unspecified atom stereocenters. The van der Waals surface area contributed by atoms with Crippen LogP contribution in [0.5, 0.6) is 0 Å². The van der Waals surface area contributed by atoms with Crippen molar-refractivity contribution in [3.05, 3.63) is 108 Å². The van der Waals surface area contributed by atoms with E-state index in [9.17, 15) is 9.59 Å². The molecule has 0 radical (unpaired) electrons. The fourth-order valence-corrected chi connectivity index (χ4v) is 3.08. The lowest BCUT2D eigenvalue weighted by molar-refractivity contribution is -0.204. The Morgan fingerprint density at radius 3 is 1.71 bits per heavy atom. The smallest absolute Gasteiger partial charge is 0.332 e. The van der Waals surface area contributed by atoms with E-state index in [2.05, 4.69) is 0 Å². The van der Waals surface area contributed by atoms with Crippen LogP contribution in [-0.4, -0.2) is 16.9 Å². The Kier molecular flexibility index (Phi) is 6.58. The molecule has 0 N–H and O–H groups in total. The largest absolute Gasteiger partial charge is 0.337 e. The number of rotatable bonds is 6. The topological polar surface area (TPSA) is 46.6 Å². The van der Waals surface area contributed by atoms with Crippen LogP contribution >= 0.6 is 0 Å². The molecule has 0 aliphatic heterocycles. The summed E-state index contributed by atoms with van der Waals surface area (Å²) < 4.78 is 0. The van der Waals surface area contributed by atoms with Crippen LogP contribution in [-0.2, 0) is 20.8 Å². The highest BCUT2D eigenvalue weighted by molar-refractivity contribution is 5.77. The summed E-state index contributed by atoms with van der Waals surface area (Å²) in [5.41, 5.74) is 2.80. The maximum absolute atomic E-state index is 12.5. The first-order valence-corrected chi connectivity index (χ1v) is 9.29. The van der Waals surface area contributed by atoms with E-state index < -0.39 is 12.0 Å². The van der Waals surface area contributed by atoms with Gasteiger partial charge >= 0.3 is 5.97 Å². The molecule has 142 valence electrons. The Bertz CT molecular complexity index is 855. The summed E-state index contributed by atoms with van der Waals surface area (Å²) in [6.45, 7) is 1.41. The molecule has 0 fully saturated rings. The van der Waals surface area contributed by atoms with Crippen molar-refractivity contribution < 1.29 is 14.4 Å². The number of aryl methyl sites for hydroxylation is 1. The second kappa shape index (κ2) is 9.51. The predicted octanol–water partition coefficient (Wildman–Crippen LogP) is 4.72. The van der Waals surface area contributed by atoms with Crippen molar-refractivity contribution in [2.24, 2.45) is 0 Å². The summed E-state index contributed by atoms with van der Waals surface area (Å²) in [7, 11) is 0. The van der Waals surface area contributed by atoms with E-state index in [4.69, 9.17) is 4.84 Å². The van der Waals surface area contributed by atoms with Gasteiger partial charge in [0.25, 0.3) is 5.91 Å². The summed E-state index contributed by atoms with van der Waals surface area (Å²) in [6.07, 6.45) is 0.761. The first kappa shape index (κ1) is 19.4. The zero-order chi connectivity index (χ0) is 19.8. The monoisotopic (exact) mass is 373 g/mol. The molecule has 3 aromatic carbocycles. The molecule has 1 amide bonds. The zero-order valence-electron chi connectivity index (χ0n) is 15.8. The molecule has 0 atom stereocenters. The molecule has 4 heteroatoms. The number of hydroxylamine groups is 2. The second-order valence-electron chi connectivity index (χ2n) is 6.52. The Labute approximate surface area is 165 Å². The SMILES string of the molecule is CC(=O)N(OC(=O)CCc1ccccc1)C(c1ccccc1)c1ccccc1. The van der Waals surface area contributed by atoms with Crippen LogP contribution in [0.25, 0.3) is 0 Å². The van der Waals surface area contributed by atoms with Gasteiger partial charge in [0.05, 0.1) is 6.42 Å². The van der Waals surface area contributed by atoms with Crippen LogP contribution in [0.15, 0.2) is 91.0 Å². The predicted molar refractivity (Wildman–Crippen MR) is 108 cm³/mol. The van der Waals surface area contributed by atoms with Crippen LogP contribution in [0.4, 0.5) is 0 Å². The molecule has 3 rings (SSSR count). The third-order valence-electron chi connectivity index (χ3n) is 4.44. The second-order valence-corrected chi connectivity index (χ2v) is 6.52. The summed E-state index contributed by atoms with van der Waals surface area (Å²) in [6, 6.07) is 28.4. The van der Waals surface area contributed by atoms with Gasteiger partial charge in [0.2, 0.25) is 0 Å². The molecule has 0 spiro atoms. The normalized spacial score (nSPS) is 10.5. The van der Waals surface area contributed by atoms with Crippen LogP contribution in [0.1, 0.15) is 36.1 Å². The van der Waals surface area contributed by atoms with Crippen molar-refractivity contribution in [1.29, 1.82) is 0 Å². The molecule has 0 saturated heterocycles. The Morgan fingerprint density at radius 1 is 0.786 bits per heavy atom. The molecule has 0 aromatic heterocycles. The van der Waals surface area contributed by atoms with Gasteiger partial charge in [-0.1, -0.05) is 91.0 Å². The number of benzene rings is 3. The summed E-state index contributed by atoms with van der Waals surface area (Å²) in [4.78, 5) is 30.4. The number of carbonyl (C=O) groups excluding carboxylic acids is 2. The highest BCUT2D eigenvalue weighted by Crippen LogP contribution is 2.29.